The third-order valence-corrected chi connectivity index (χ3v) is 0.167. The second-order valence-electron chi connectivity index (χ2n) is 0.471. The highest BCUT2D eigenvalue weighted by atomic mass is 13.4. The molecule has 0 radical (unpaired) electrons. The lowest BCUT2D eigenvalue weighted by molar-refractivity contribution is 1.50. The number of allylic oxidation sites excluding steroid dienone is 2. The van der Waals surface area contributed by atoms with E-state index in [-0.39, 0.29) is 0 Å². The van der Waals surface area contributed by atoms with Crippen molar-refractivity contribution in [1.29, 1.82) is 0 Å². The fourth-order valence-corrected chi connectivity index (χ4v) is 0. The van der Waals surface area contributed by atoms with Crippen molar-refractivity contribution in [3.8, 4) is 0 Å². The Hall–Kier alpha value is -0.520. The van der Waals surface area contributed by atoms with Gasteiger partial charge in [0.25, 0.3) is 0 Å². The predicted octanol–water partition coefficient (Wildman–Crippen LogP) is 5.46. The van der Waals surface area contributed by atoms with Gasteiger partial charge in [0.15, 0.2) is 0 Å². The van der Waals surface area contributed by atoms with E-state index in [1.54, 1.807) is 12.2 Å². The van der Waals surface area contributed by atoms with Gasteiger partial charge in [-0.25, -0.2) is 0 Å². The van der Waals surface area contributed by atoms with E-state index in [9.17, 15) is 0 Å². The maximum Gasteiger partial charge on any atom is -0.0683 e. The molecule has 0 fully saturated rings. The van der Waals surface area contributed by atoms with Gasteiger partial charge in [-0.2, -0.15) is 0 Å². The average molecular weight is 174 g/mol. The minimum absolute atomic E-state index is 1.64. The van der Waals surface area contributed by atoms with Crippen LogP contribution in [0.25, 0.3) is 0 Å². The Morgan fingerprint density at radius 3 is 0.583 bits per heavy atom. The van der Waals surface area contributed by atoms with Crippen LogP contribution in [-0.4, -0.2) is 0 Å². The zero-order chi connectivity index (χ0) is 11.4. The fraction of sp³-hybridized carbons (Fsp3) is 0.667. The number of rotatable bonds is 1. The van der Waals surface area contributed by atoms with Crippen molar-refractivity contribution in [3.05, 3.63) is 25.3 Å². The van der Waals surface area contributed by atoms with Crippen LogP contribution in [-0.2, 0) is 0 Å². The van der Waals surface area contributed by atoms with E-state index in [0.29, 0.717) is 0 Å². The Morgan fingerprint density at radius 1 is 0.500 bits per heavy atom. The molecule has 0 N–H and O–H groups in total. The van der Waals surface area contributed by atoms with E-state index in [1.807, 2.05) is 55.4 Å². The minimum Gasteiger partial charge on any atom is -0.0991 e. The van der Waals surface area contributed by atoms with Crippen LogP contribution in [0, 0.1) is 0 Å². The van der Waals surface area contributed by atoms with Crippen molar-refractivity contribution in [3.63, 3.8) is 0 Å². The molecule has 0 aliphatic heterocycles. The minimum atomic E-state index is 1.64. The maximum absolute atomic E-state index is 3.36. The van der Waals surface area contributed by atoms with Gasteiger partial charge in [0.2, 0.25) is 0 Å². The van der Waals surface area contributed by atoms with Crippen LogP contribution in [0.4, 0.5) is 0 Å². The molecule has 0 nitrogen and oxygen atoms in total. The summed E-state index contributed by atoms with van der Waals surface area (Å²) in [7, 11) is 0. The molecule has 0 amide bonds. The third-order valence-electron chi connectivity index (χ3n) is 0.167. The first-order valence-electron chi connectivity index (χ1n) is 5.15. The molecule has 78 valence electrons. The molecule has 12 heavy (non-hydrogen) atoms. The summed E-state index contributed by atoms with van der Waals surface area (Å²) in [4.78, 5) is 0. The first kappa shape index (κ1) is 30.0. The molecule has 0 atom stereocenters. The van der Waals surface area contributed by atoms with Gasteiger partial charge in [0.1, 0.15) is 0 Å². The Labute approximate surface area is 81.4 Å². The lowest BCUT2D eigenvalue weighted by Crippen LogP contribution is -1.21. The largest absolute Gasteiger partial charge is 0.0991 e. The molecule has 0 unspecified atom stereocenters. The summed E-state index contributed by atoms with van der Waals surface area (Å²) in [6.45, 7) is 22.7. The topological polar surface area (TPSA) is 0 Å². The Bertz CT molecular complexity index is 21.0. The molecular weight excluding hydrogens is 144 g/mol. The molecular formula is C12H30. The summed E-state index contributed by atoms with van der Waals surface area (Å²) in [6.07, 6.45) is 3.28. The first-order chi connectivity index (χ1) is 5.91. The first-order valence-corrected chi connectivity index (χ1v) is 5.15. The molecule has 0 heterocycles. The van der Waals surface area contributed by atoms with Crippen molar-refractivity contribution in [2.24, 2.45) is 0 Å². The summed E-state index contributed by atoms with van der Waals surface area (Å²) in [5, 5.41) is 0. The highest BCUT2D eigenvalue weighted by Gasteiger charge is 1.29. The molecule has 0 aromatic carbocycles. The van der Waals surface area contributed by atoms with Crippen LogP contribution in [0.5, 0.6) is 0 Å². The average Bonchev–Trinajstić information content (AvgIpc) is 2.29. The summed E-state index contributed by atoms with van der Waals surface area (Å²) in [5.74, 6) is 0. The van der Waals surface area contributed by atoms with Crippen molar-refractivity contribution in [2.75, 3.05) is 0 Å². The highest BCUT2D eigenvalue weighted by molar-refractivity contribution is 4.88. The molecule has 0 aliphatic carbocycles. The van der Waals surface area contributed by atoms with Crippen LogP contribution in [0.15, 0.2) is 25.3 Å². The van der Waals surface area contributed by atoms with Gasteiger partial charge in [-0.3, -0.25) is 0 Å². The van der Waals surface area contributed by atoms with E-state index >= 15 is 0 Å². The standard InChI is InChI=1S/C4H6.4C2H6/c1-3-4-2;4*1-2/h3-4H,1-2H2;4*1-2H3. The molecule has 0 aromatic heterocycles. The van der Waals surface area contributed by atoms with Gasteiger partial charge in [-0.05, 0) is 0 Å². The van der Waals surface area contributed by atoms with Gasteiger partial charge in [0, 0.05) is 0 Å². The number of hydrogen-bond acceptors (Lipinski definition) is 0. The SMILES string of the molecule is C=CC=C.CC.CC.CC.CC. The maximum atomic E-state index is 3.36. The van der Waals surface area contributed by atoms with Gasteiger partial charge in [0.05, 0.1) is 0 Å². The normalized spacial score (nSPS) is 3.67. The van der Waals surface area contributed by atoms with E-state index in [1.165, 1.54) is 0 Å². The Balaban J connectivity index is -0.0000000181. The predicted molar refractivity (Wildman–Crippen MR) is 65.8 cm³/mol. The van der Waals surface area contributed by atoms with Crippen molar-refractivity contribution < 1.29 is 0 Å². The summed E-state index contributed by atoms with van der Waals surface area (Å²) in [6, 6.07) is 0. The summed E-state index contributed by atoms with van der Waals surface area (Å²) in [5.41, 5.74) is 0. The lowest BCUT2D eigenvalue weighted by atomic mass is 10.6. The lowest BCUT2D eigenvalue weighted by Gasteiger charge is -1.44. The summed E-state index contributed by atoms with van der Waals surface area (Å²) >= 11 is 0. The molecule has 0 aromatic rings. The quantitative estimate of drug-likeness (QED) is 0.463. The molecule has 0 spiro atoms. The van der Waals surface area contributed by atoms with Crippen LogP contribution in [0.2, 0.25) is 0 Å². The van der Waals surface area contributed by atoms with E-state index in [0.717, 1.165) is 0 Å². The zero-order valence-corrected chi connectivity index (χ0v) is 10.6. The molecule has 0 saturated carbocycles. The van der Waals surface area contributed by atoms with E-state index in [2.05, 4.69) is 13.2 Å². The fourth-order valence-electron chi connectivity index (χ4n) is 0. The Kier molecular flexibility index (Phi) is 1080. The van der Waals surface area contributed by atoms with E-state index < -0.39 is 0 Å². The van der Waals surface area contributed by atoms with E-state index in [4.69, 9.17) is 0 Å². The van der Waals surface area contributed by atoms with Crippen LogP contribution in [0.1, 0.15) is 55.4 Å². The Morgan fingerprint density at radius 2 is 0.583 bits per heavy atom. The molecule has 0 bridgehead atoms. The van der Waals surface area contributed by atoms with Gasteiger partial charge >= 0.3 is 0 Å². The monoisotopic (exact) mass is 174 g/mol. The smallest absolute Gasteiger partial charge is 0.0683 e. The van der Waals surface area contributed by atoms with Crippen molar-refractivity contribution in [2.45, 2.75) is 55.4 Å². The molecule has 0 rings (SSSR count). The highest BCUT2D eigenvalue weighted by Crippen LogP contribution is 1.52. The van der Waals surface area contributed by atoms with Gasteiger partial charge in [-0.1, -0.05) is 80.7 Å². The second kappa shape index (κ2) is 430. The molecule has 0 heteroatoms. The van der Waals surface area contributed by atoms with Crippen LogP contribution >= 0.6 is 0 Å². The summed E-state index contributed by atoms with van der Waals surface area (Å²) < 4.78 is 0. The van der Waals surface area contributed by atoms with Crippen molar-refractivity contribution in [1.82, 2.24) is 0 Å². The zero-order valence-electron chi connectivity index (χ0n) is 10.6. The molecule has 0 saturated heterocycles. The van der Waals surface area contributed by atoms with Gasteiger partial charge < -0.3 is 0 Å². The van der Waals surface area contributed by atoms with Gasteiger partial charge in [-0.15, -0.1) is 0 Å². The second-order valence-corrected chi connectivity index (χ2v) is 0.471. The molecule has 0 aliphatic rings. The third kappa shape index (κ3) is 2960. The van der Waals surface area contributed by atoms with Crippen LogP contribution < -0.4 is 0 Å². The number of hydrogen-bond donors (Lipinski definition) is 0. The van der Waals surface area contributed by atoms with Crippen molar-refractivity contribution >= 4 is 0 Å². The van der Waals surface area contributed by atoms with Crippen LogP contribution in [0.3, 0.4) is 0 Å².